The molecule has 4 heterocycles. The third kappa shape index (κ3) is 3.24. The number of aryl methyl sites for hydroxylation is 1. The molecule has 5 aromatic rings. The molecule has 0 spiro atoms. The summed E-state index contributed by atoms with van der Waals surface area (Å²) in [5.41, 5.74) is 13.5. The first-order valence-electron chi connectivity index (χ1n) is 11.2. The number of aromatic nitrogens is 5. The lowest BCUT2D eigenvalue weighted by atomic mass is 10.0. The summed E-state index contributed by atoms with van der Waals surface area (Å²) in [4.78, 5) is 16.0. The second kappa shape index (κ2) is 8.03. The molecule has 34 heavy (non-hydrogen) atoms. The molecule has 0 saturated carbocycles. The molecule has 0 unspecified atom stereocenters. The third-order valence-corrected chi connectivity index (χ3v) is 6.38. The second-order valence-corrected chi connectivity index (χ2v) is 8.36. The third-order valence-electron chi connectivity index (χ3n) is 6.38. The standard InChI is InChI=1S/C25H25N7O2/c1-30-15-28-19-6-3-16(13-20(19)30)22-23(32-8-7-27-25(32)24(26)29-22)18-5-4-17(14-21(18)33-2)31-9-11-34-12-10-31/h3-8,13-15H,9-12H2,1-2H3,(H2,26,29). The van der Waals surface area contributed by atoms with Gasteiger partial charge in [-0.3, -0.25) is 4.40 Å². The zero-order chi connectivity index (χ0) is 23.2. The first-order valence-corrected chi connectivity index (χ1v) is 11.2. The Hall–Kier alpha value is -4.11. The van der Waals surface area contributed by atoms with E-state index in [1.54, 1.807) is 13.3 Å². The molecule has 0 atom stereocenters. The van der Waals surface area contributed by atoms with Crippen LogP contribution in [0.5, 0.6) is 5.75 Å². The first kappa shape index (κ1) is 20.5. The molecule has 9 nitrogen and oxygen atoms in total. The average Bonchev–Trinajstić information content (AvgIpc) is 3.52. The van der Waals surface area contributed by atoms with Crippen LogP contribution in [0.3, 0.4) is 0 Å². The largest absolute Gasteiger partial charge is 0.496 e. The summed E-state index contributed by atoms with van der Waals surface area (Å²) in [5.74, 6) is 1.13. The number of benzene rings is 2. The molecule has 0 amide bonds. The summed E-state index contributed by atoms with van der Waals surface area (Å²) in [6, 6.07) is 12.4. The molecular formula is C25H25N7O2. The number of hydrogen-bond acceptors (Lipinski definition) is 7. The molecule has 1 saturated heterocycles. The van der Waals surface area contributed by atoms with Crippen molar-refractivity contribution in [2.75, 3.05) is 44.0 Å². The van der Waals surface area contributed by atoms with E-state index in [2.05, 4.69) is 39.1 Å². The van der Waals surface area contributed by atoms with E-state index >= 15 is 0 Å². The van der Waals surface area contributed by atoms with Gasteiger partial charge in [0.2, 0.25) is 0 Å². The summed E-state index contributed by atoms with van der Waals surface area (Å²) in [6.07, 6.45) is 5.45. The summed E-state index contributed by atoms with van der Waals surface area (Å²) in [7, 11) is 3.67. The first-order chi connectivity index (χ1) is 16.6. The number of methoxy groups -OCH3 is 1. The van der Waals surface area contributed by atoms with E-state index in [4.69, 9.17) is 20.2 Å². The fraction of sp³-hybridized carbons (Fsp3) is 0.240. The maximum atomic E-state index is 6.34. The van der Waals surface area contributed by atoms with Crippen molar-refractivity contribution in [1.29, 1.82) is 0 Å². The lowest BCUT2D eigenvalue weighted by Gasteiger charge is -2.29. The maximum Gasteiger partial charge on any atom is 0.180 e. The smallest absolute Gasteiger partial charge is 0.180 e. The molecule has 1 fully saturated rings. The van der Waals surface area contributed by atoms with Crippen LogP contribution in [-0.2, 0) is 11.8 Å². The van der Waals surface area contributed by atoms with Gasteiger partial charge in [0.25, 0.3) is 0 Å². The van der Waals surface area contributed by atoms with Crippen molar-refractivity contribution >= 4 is 28.2 Å². The number of nitrogen functional groups attached to an aromatic ring is 1. The molecule has 0 radical (unpaired) electrons. The Balaban J connectivity index is 1.58. The highest BCUT2D eigenvalue weighted by molar-refractivity contribution is 5.89. The molecule has 6 rings (SSSR count). The minimum atomic E-state index is 0.373. The van der Waals surface area contributed by atoms with Crippen molar-refractivity contribution in [3.05, 3.63) is 55.1 Å². The van der Waals surface area contributed by atoms with Gasteiger partial charge in [-0.25, -0.2) is 15.0 Å². The van der Waals surface area contributed by atoms with Gasteiger partial charge in [-0.05, 0) is 24.3 Å². The Labute approximate surface area is 196 Å². The van der Waals surface area contributed by atoms with Crippen LogP contribution in [0.1, 0.15) is 0 Å². The molecule has 2 N–H and O–H groups in total. The number of anilines is 2. The molecule has 2 aromatic carbocycles. The highest BCUT2D eigenvalue weighted by Crippen LogP contribution is 2.40. The van der Waals surface area contributed by atoms with Gasteiger partial charge in [0.1, 0.15) is 5.75 Å². The molecule has 0 aliphatic carbocycles. The highest BCUT2D eigenvalue weighted by Gasteiger charge is 2.22. The Kier molecular flexibility index (Phi) is 4.84. The summed E-state index contributed by atoms with van der Waals surface area (Å²) in [6.45, 7) is 3.16. The molecule has 3 aromatic heterocycles. The Morgan fingerprint density at radius 3 is 2.74 bits per heavy atom. The normalized spacial score (nSPS) is 14.2. The van der Waals surface area contributed by atoms with E-state index in [-0.39, 0.29) is 0 Å². The van der Waals surface area contributed by atoms with Crippen molar-refractivity contribution in [1.82, 2.24) is 23.9 Å². The lowest BCUT2D eigenvalue weighted by Crippen LogP contribution is -2.36. The maximum absolute atomic E-state index is 6.34. The average molecular weight is 456 g/mol. The molecular weight excluding hydrogens is 430 g/mol. The zero-order valence-corrected chi connectivity index (χ0v) is 19.1. The monoisotopic (exact) mass is 455 g/mol. The van der Waals surface area contributed by atoms with Crippen LogP contribution in [0.4, 0.5) is 11.5 Å². The van der Waals surface area contributed by atoms with Gasteiger partial charge < -0.3 is 24.7 Å². The number of morpholine rings is 1. The van der Waals surface area contributed by atoms with Gasteiger partial charge in [-0.15, -0.1) is 0 Å². The molecule has 9 heteroatoms. The minimum Gasteiger partial charge on any atom is -0.496 e. The van der Waals surface area contributed by atoms with Gasteiger partial charge in [0, 0.05) is 55.4 Å². The van der Waals surface area contributed by atoms with E-state index in [9.17, 15) is 0 Å². The number of fused-ring (bicyclic) bond motifs is 2. The highest BCUT2D eigenvalue weighted by atomic mass is 16.5. The van der Waals surface area contributed by atoms with Crippen LogP contribution in [0.15, 0.2) is 55.1 Å². The predicted octanol–water partition coefficient (Wildman–Crippen LogP) is 3.38. The van der Waals surface area contributed by atoms with E-state index in [1.807, 2.05) is 40.7 Å². The zero-order valence-electron chi connectivity index (χ0n) is 19.1. The number of rotatable bonds is 4. The fourth-order valence-corrected chi connectivity index (χ4v) is 4.64. The molecule has 1 aliphatic rings. The second-order valence-electron chi connectivity index (χ2n) is 8.36. The van der Waals surface area contributed by atoms with Crippen LogP contribution in [0.25, 0.3) is 39.2 Å². The van der Waals surface area contributed by atoms with Gasteiger partial charge in [-0.1, -0.05) is 6.07 Å². The predicted molar refractivity (Wildman–Crippen MR) is 132 cm³/mol. The van der Waals surface area contributed by atoms with Crippen molar-refractivity contribution in [3.63, 3.8) is 0 Å². The van der Waals surface area contributed by atoms with Crippen molar-refractivity contribution in [3.8, 4) is 28.3 Å². The Morgan fingerprint density at radius 2 is 1.91 bits per heavy atom. The van der Waals surface area contributed by atoms with E-state index in [1.165, 1.54) is 0 Å². The summed E-state index contributed by atoms with van der Waals surface area (Å²) >= 11 is 0. The molecule has 1 aliphatic heterocycles. The lowest BCUT2D eigenvalue weighted by molar-refractivity contribution is 0.122. The minimum absolute atomic E-state index is 0.373. The molecule has 0 bridgehead atoms. The van der Waals surface area contributed by atoms with Crippen LogP contribution in [-0.4, -0.2) is 57.3 Å². The molecule has 172 valence electrons. The summed E-state index contributed by atoms with van der Waals surface area (Å²) < 4.78 is 15.4. The number of ether oxygens (including phenoxy) is 2. The Bertz CT molecular complexity index is 1520. The van der Waals surface area contributed by atoms with Gasteiger partial charge in [0.05, 0.1) is 49.1 Å². The van der Waals surface area contributed by atoms with E-state index in [0.29, 0.717) is 11.5 Å². The van der Waals surface area contributed by atoms with Crippen LogP contribution >= 0.6 is 0 Å². The Morgan fingerprint density at radius 1 is 1.06 bits per heavy atom. The van der Waals surface area contributed by atoms with E-state index in [0.717, 1.165) is 71.3 Å². The fourth-order valence-electron chi connectivity index (χ4n) is 4.64. The topological polar surface area (TPSA) is 95.7 Å². The quantitative estimate of drug-likeness (QED) is 0.444. The van der Waals surface area contributed by atoms with Crippen molar-refractivity contribution in [2.45, 2.75) is 0 Å². The van der Waals surface area contributed by atoms with Gasteiger partial charge in [-0.2, -0.15) is 0 Å². The van der Waals surface area contributed by atoms with Crippen LogP contribution in [0, 0.1) is 0 Å². The van der Waals surface area contributed by atoms with Crippen molar-refractivity contribution in [2.24, 2.45) is 7.05 Å². The van der Waals surface area contributed by atoms with Crippen LogP contribution < -0.4 is 15.4 Å². The van der Waals surface area contributed by atoms with Crippen LogP contribution in [0.2, 0.25) is 0 Å². The summed E-state index contributed by atoms with van der Waals surface area (Å²) in [5, 5.41) is 0. The van der Waals surface area contributed by atoms with Gasteiger partial charge >= 0.3 is 0 Å². The number of nitrogens with zero attached hydrogens (tertiary/aromatic N) is 6. The number of nitrogens with two attached hydrogens (primary N) is 1. The number of imidazole rings is 2. The van der Waals surface area contributed by atoms with Gasteiger partial charge in [0.15, 0.2) is 11.5 Å². The van der Waals surface area contributed by atoms with E-state index < -0.39 is 0 Å². The number of hydrogen-bond donors (Lipinski definition) is 1. The van der Waals surface area contributed by atoms with Crippen molar-refractivity contribution < 1.29 is 9.47 Å². The SMILES string of the molecule is COc1cc(N2CCOCC2)ccc1-c1c(-c2ccc3ncn(C)c3c2)nc(N)c2nccn12.